The van der Waals surface area contributed by atoms with E-state index in [4.69, 9.17) is 0 Å². The van der Waals surface area contributed by atoms with Crippen molar-refractivity contribution in [1.82, 2.24) is 5.32 Å². The maximum absolute atomic E-state index is 12.5. The van der Waals surface area contributed by atoms with Gasteiger partial charge >= 0.3 is 0 Å². The summed E-state index contributed by atoms with van der Waals surface area (Å²) in [6.45, 7) is 5.98. The van der Waals surface area contributed by atoms with Crippen LogP contribution in [0.15, 0.2) is 78.5 Å². The van der Waals surface area contributed by atoms with E-state index in [-0.39, 0.29) is 11.7 Å². The second-order valence-corrected chi connectivity index (χ2v) is 5.60. The number of nitrogens with one attached hydrogen (secondary N) is 1. The Kier molecular flexibility index (Phi) is 3.92. The highest BCUT2D eigenvalue weighted by molar-refractivity contribution is 6.03. The number of allylic oxidation sites excluding steroid dienone is 2. The molecule has 0 aromatic heterocycles. The molecule has 0 aliphatic heterocycles. The van der Waals surface area contributed by atoms with Gasteiger partial charge < -0.3 is 5.32 Å². The second-order valence-electron chi connectivity index (χ2n) is 5.60. The molecule has 1 aliphatic rings. The van der Waals surface area contributed by atoms with Gasteiger partial charge in [0, 0.05) is 23.4 Å². The molecule has 0 amide bonds. The number of benzene rings is 2. The van der Waals surface area contributed by atoms with Gasteiger partial charge in [0.2, 0.25) is 0 Å². The largest absolute Gasteiger partial charge is 0.359 e. The molecule has 2 aromatic rings. The number of hydrogen-bond acceptors (Lipinski definition) is 2. The highest BCUT2D eigenvalue weighted by atomic mass is 16.1. The molecule has 0 spiro atoms. The third-order valence-electron chi connectivity index (χ3n) is 4.17. The molecular formula is C20H19NO. The highest BCUT2D eigenvalue weighted by Gasteiger charge is 2.31. The van der Waals surface area contributed by atoms with E-state index in [1.54, 1.807) is 0 Å². The fourth-order valence-electron chi connectivity index (χ4n) is 2.85. The van der Waals surface area contributed by atoms with Gasteiger partial charge in [-0.1, -0.05) is 67.2 Å². The maximum Gasteiger partial charge on any atom is 0.168 e. The third kappa shape index (κ3) is 2.73. The Balaban J connectivity index is 1.78. The van der Waals surface area contributed by atoms with Crippen LogP contribution in [0.4, 0.5) is 0 Å². The van der Waals surface area contributed by atoms with Gasteiger partial charge in [-0.2, -0.15) is 0 Å². The number of carbonyl (C=O) groups is 1. The molecule has 2 heteroatoms. The van der Waals surface area contributed by atoms with Gasteiger partial charge in [-0.25, -0.2) is 0 Å². The average Bonchev–Trinajstić information content (AvgIpc) is 2.85. The Morgan fingerprint density at radius 1 is 1.05 bits per heavy atom. The number of hydrogen-bond donors (Lipinski definition) is 1. The van der Waals surface area contributed by atoms with E-state index in [2.05, 4.69) is 11.9 Å². The quantitative estimate of drug-likeness (QED) is 0.910. The molecule has 1 atom stereocenters. The molecular weight excluding hydrogens is 270 g/mol. The Morgan fingerprint density at radius 3 is 2.27 bits per heavy atom. The van der Waals surface area contributed by atoms with Crippen LogP contribution in [-0.4, -0.2) is 5.78 Å². The summed E-state index contributed by atoms with van der Waals surface area (Å²) in [7, 11) is 0. The first-order valence-corrected chi connectivity index (χ1v) is 7.47. The third-order valence-corrected chi connectivity index (χ3v) is 4.17. The van der Waals surface area contributed by atoms with Gasteiger partial charge in [0.25, 0.3) is 0 Å². The molecule has 0 fully saturated rings. The summed E-state index contributed by atoms with van der Waals surface area (Å²) in [4.78, 5) is 12.5. The SMILES string of the molecule is C=C(NC1=C(C)C(=O)C(c2ccccc2)C1)c1ccccc1. The van der Waals surface area contributed by atoms with Gasteiger partial charge in [0.1, 0.15) is 0 Å². The Bertz CT molecular complexity index is 729. The Hall–Kier alpha value is -2.61. The van der Waals surface area contributed by atoms with Crippen molar-refractivity contribution in [3.8, 4) is 0 Å². The minimum Gasteiger partial charge on any atom is -0.359 e. The Labute approximate surface area is 131 Å². The number of ketones is 1. The number of rotatable bonds is 4. The van der Waals surface area contributed by atoms with E-state index in [1.165, 1.54) is 0 Å². The zero-order valence-corrected chi connectivity index (χ0v) is 12.7. The molecule has 0 saturated heterocycles. The lowest BCUT2D eigenvalue weighted by molar-refractivity contribution is -0.116. The van der Waals surface area contributed by atoms with Crippen molar-refractivity contribution in [3.63, 3.8) is 0 Å². The van der Waals surface area contributed by atoms with Gasteiger partial charge in [-0.3, -0.25) is 4.79 Å². The summed E-state index contributed by atoms with van der Waals surface area (Å²) in [5.41, 5.74) is 4.74. The number of carbonyl (C=O) groups excluding carboxylic acids is 1. The highest BCUT2D eigenvalue weighted by Crippen LogP contribution is 2.35. The predicted molar refractivity (Wildman–Crippen MR) is 90.1 cm³/mol. The van der Waals surface area contributed by atoms with E-state index >= 15 is 0 Å². The van der Waals surface area contributed by atoms with Crippen molar-refractivity contribution in [2.45, 2.75) is 19.3 Å². The van der Waals surface area contributed by atoms with Crippen LogP contribution in [0.25, 0.3) is 5.70 Å². The van der Waals surface area contributed by atoms with Gasteiger partial charge in [-0.15, -0.1) is 0 Å². The predicted octanol–water partition coefficient (Wildman–Crippen LogP) is 4.28. The fraction of sp³-hybridized carbons (Fsp3) is 0.150. The molecule has 0 radical (unpaired) electrons. The first kappa shape index (κ1) is 14.3. The first-order valence-electron chi connectivity index (χ1n) is 7.47. The molecule has 1 unspecified atom stereocenters. The van der Waals surface area contributed by atoms with Crippen molar-refractivity contribution in [3.05, 3.63) is 89.6 Å². The van der Waals surface area contributed by atoms with Crippen molar-refractivity contribution in [2.75, 3.05) is 0 Å². The van der Waals surface area contributed by atoms with E-state index in [1.807, 2.05) is 67.6 Å². The van der Waals surface area contributed by atoms with E-state index in [0.29, 0.717) is 6.42 Å². The molecule has 1 aliphatic carbocycles. The van der Waals surface area contributed by atoms with Crippen molar-refractivity contribution in [2.24, 2.45) is 0 Å². The van der Waals surface area contributed by atoms with Gasteiger partial charge in [0.05, 0.1) is 5.92 Å². The van der Waals surface area contributed by atoms with Crippen LogP contribution < -0.4 is 5.32 Å². The standard InChI is InChI=1S/C20H19NO/c1-14-19(21-15(2)16-9-5-3-6-10-16)13-18(20(14)22)17-11-7-4-8-12-17/h3-12,18,21H,2,13H2,1H3. The Morgan fingerprint density at radius 2 is 1.64 bits per heavy atom. The van der Waals surface area contributed by atoms with Crippen molar-refractivity contribution < 1.29 is 4.79 Å². The average molecular weight is 289 g/mol. The van der Waals surface area contributed by atoms with Crippen LogP contribution in [0.2, 0.25) is 0 Å². The second kappa shape index (κ2) is 6.02. The monoisotopic (exact) mass is 289 g/mol. The smallest absolute Gasteiger partial charge is 0.168 e. The molecule has 22 heavy (non-hydrogen) atoms. The summed E-state index contributed by atoms with van der Waals surface area (Å²) < 4.78 is 0. The van der Waals surface area contributed by atoms with Crippen LogP contribution in [0.3, 0.4) is 0 Å². The van der Waals surface area contributed by atoms with Gasteiger partial charge in [-0.05, 0) is 18.1 Å². The van der Waals surface area contributed by atoms with Crippen molar-refractivity contribution >= 4 is 11.5 Å². The summed E-state index contributed by atoms with van der Waals surface area (Å²) in [6, 6.07) is 19.9. The molecule has 3 rings (SSSR count). The molecule has 1 N–H and O–H groups in total. The summed E-state index contributed by atoms with van der Waals surface area (Å²) in [5.74, 6) is 0.127. The van der Waals surface area contributed by atoms with Crippen LogP contribution in [-0.2, 0) is 4.79 Å². The van der Waals surface area contributed by atoms with Crippen LogP contribution in [0.5, 0.6) is 0 Å². The summed E-state index contributed by atoms with van der Waals surface area (Å²) >= 11 is 0. The minimum atomic E-state index is -0.0766. The summed E-state index contributed by atoms with van der Waals surface area (Å²) in [6.07, 6.45) is 0.709. The molecule has 0 heterocycles. The normalized spacial score (nSPS) is 17.7. The molecule has 2 aromatic carbocycles. The van der Waals surface area contributed by atoms with Crippen LogP contribution in [0, 0.1) is 0 Å². The fourth-order valence-corrected chi connectivity index (χ4v) is 2.85. The molecule has 0 bridgehead atoms. The topological polar surface area (TPSA) is 29.1 Å². The van der Waals surface area contributed by atoms with Crippen LogP contribution >= 0.6 is 0 Å². The number of Topliss-reactive ketones (excluding diaryl/α,β-unsaturated/α-hetero) is 1. The maximum atomic E-state index is 12.5. The minimum absolute atomic E-state index is 0.0766. The molecule has 2 nitrogen and oxygen atoms in total. The lowest BCUT2D eigenvalue weighted by Gasteiger charge is -2.13. The van der Waals surface area contributed by atoms with E-state index < -0.39 is 0 Å². The van der Waals surface area contributed by atoms with Crippen LogP contribution in [0.1, 0.15) is 30.4 Å². The van der Waals surface area contributed by atoms with Gasteiger partial charge in [0.15, 0.2) is 5.78 Å². The van der Waals surface area contributed by atoms with E-state index in [0.717, 1.165) is 28.1 Å². The molecule has 110 valence electrons. The lowest BCUT2D eigenvalue weighted by atomic mass is 9.95. The zero-order chi connectivity index (χ0) is 15.5. The van der Waals surface area contributed by atoms with Crippen molar-refractivity contribution in [1.29, 1.82) is 0 Å². The van der Waals surface area contributed by atoms with E-state index in [9.17, 15) is 4.79 Å². The lowest BCUT2D eigenvalue weighted by Crippen LogP contribution is -2.11. The zero-order valence-electron chi connectivity index (χ0n) is 12.7. The first-order chi connectivity index (χ1) is 10.7. The molecule has 0 saturated carbocycles. The summed E-state index contributed by atoms with van der Waals surface area (Å²) in [5, 5.41) is 3.34.